The molecule has 1 N–H and O–H groups in total. The first-order valence-electron chi connectivity index (χ1n) is 9.68. The number of nitrogens with one attached hydrogen (secondary N) is 1. The third-order valence-electron chi connectivity index (χ3n) is 5.11. The highest BCUT2D eigenvalue weighted by Gasteiger charge is 2.32. The lowest BCUT2D eigenvalue weighted by Gasteiger charge is -2.18. The molecule has 0 aliphatic carbocycles. The second kappa shape index (κ2) is 7.92. The lowest BCUT2D eigenvalue weighted by Crippen LogP contribution is -2.25. The molecule has 0 atom stereocenters. The Labute approximate surface area is 178 Å². The fraction of sp³-hybridized carbons (Fsp3) is 0.409. The van der Waals surface area contributed by atoms with Gasteiger partial charge in [0.15, 0.2) is 18.1 Å². The predicted octanol–water partition coefficient (Wildman–Crippen LogP) is 3.28. The average Bonchev–Trinajstić information content (AvgIpc) is 2.97. The lowest BCUT2D eigenvalue weighted by atomic mass is 10.0. The number of ether oxygens (including phenoxy) is 2. The standard InChI is InChI=1S/C22H28N2O5S/c1-14-10-17(30(26,27)24(5)6)11-18(15(14)2)23-20(25)13-28-19-9-7-8-16-12-22(3,4)29-21(16)19/h7-11H,12-13H2,1-6H3,(H,23,25). The Balaban J connectivity index is 1.76. The van der Waals surface area contributed by atoms with Crippen LogP contribution in [0.4, 0.5) is 5.69 Å². The number of anilines is 1. The van der Waals surface area contributed by atoms with Crippen molar-refractivity contribution in [2.24, 2.45) is 0 Å². The van der Waals surface area contributed by atoms with Gasteiger partial charge in [0, 0.05) is 31.8 Å². The summed E-state index contributed by atoms with van der Waals surface area (Å²) in [5.74, 6) is 0.804. The van der Waals surface area contributed by atoms with E-state index in [0.717, 1.165) is 27.4 Å². The van der Waals surface area contributed by atoms with E-state index in [1.54, 1.807) is 12.1 Å². The van der Waals surface area contributed by atoms with E-state index in [0.29, 0.717) is 17.2 Å². The number of benzene rings is 2. The Bertz CT molecular complexity index is 1090. The van der Waals surface area contributed by atoms with Gasteiger partial charge in [-0.05, 0) is 57.0 Å². The zero-order valence-corrected chi connectivity index (χ0v) is 19.0. The van der Waals surface area contributed by atoms with Gasteiger partial charge in [0.2, 0.25) is 10.0 Å². The number of sulfonamides is 1. The zero-order valence-electron chi connectivity index (χ0n) is 18.2. The van der Waals surface area contributed by atoms with Crippen molar-refractivity contribution >= 4 is 21.6 Å². The maximum atomic E-state index is 12.5. The van der Waals surface area contributed by atoms with Crippen molar-refractivity contribution in [3.63, 3.8) is 0 Å². The van der Waals surface area contributed by atoms with Gasteiger partial charge >= 0.3 is 0 Å². The minimum Gasteiger partial charge on any atom is -0.483 e. The molecule has 8 heteroatoms. The van der Waals surface area contributed by atoms with Crippen LogP contribution < -0.4 is 14.8 Å². The largest absolute Gasteiger partial charge is 0.483 e. The van der Waals surface area contributed by atoms with Crippen LogP contribution >= 0.6 is 0 Å². The van der Waals surface area contributed by atoms with E-state index in [1.165, 1.54) is 20.2 Å². The first-order chi connectivity index (χ1) is 13.9. The summed E-state index contributed by atoms with van der Waals surface area (Å²) in [5, 5.41) is 2.77. The molecule has 1 heterocycles. The van der Waals surface area contributed by atoms with Gasteiger partial charge in [0.1, 0.15) is 5.60 Å². The van der Waals surface area contributed by atoms with Crippen molar-refractivity contribution in [1.29, 1.82) is 0 Å². The smallest absolute Gasteiger partial charge is 0.262 e. The molecule has 1 aliphatic heterocycles. The van der Waals surface area contributed by atoms with Crippen LogP contribution in [-0.4, -0.2) is 44.9 Å². The van der Waals surface area contributed by atoms with Crippen molar-refractivity contribution in [3.8, 4) is 11.5 Å². The summed E-state index contributed by atoms with van der Waals surface area (Å²) in [6, 6.07) is 8.71. The van der Waals surface area contributed by atoms with Gasteiger partial charge in [0.05, 0.1) is 4.90 Å². The first-order valence-corrected chi connectivity index (χ1v) is 11.1. The van der Waals surface area contributed by atoms with Gasteiger partial charge in [-0.25, -0.2) is 12.7 Å². The number of carbonyl (C=O) groups excluding carboxylic acids is 1. The SMILES string of the molecule is Cc1cc(S(=O)(=O)N(C)C)cc(NC(=O)COc2cccc3c2OC(C)(C)C3)c1C. The van der Waals surface area contributed by atoms with Crippen LogP contribution in [0.3, 0.4) is 0 Å². The molecule has 0 spiro atoms. The molecule has 7 nitrogen and oxygen atoms in total. The van der Waals surface area contributed by atoms with Crippen LogP contribution in [0.2, 0.25) is 0 Å². The van der Waals surface area contributed by atoms with Gasteiger partial charge in [-0.2, -0.15) is 0 Å². The topological polar surface area (TPSA) is 84.9 Å². The van der Waals surface area contributed by atoms with Gasteiger partial charge in [-0.15, -0.1) is 0 Å². The molecule has 0 saturated carbocycles. The van der Waals surface area contributed by atoms with Crippen molar-refractivity contribution in [1.82, 2.24) is 4.31 Å². The molecular weight excluding hydrogens is 404 g/mol. The Hall–Kier alpha value is -2.58. The molecule has 0 bridgehead atoms. The number of rotatable bonds is 6. The predicted molar refractivity (Wildman–Crippen MR) is 116 cm³/mol. The molecule has 1 amide bonds. The summed E-state index contributed by atoms with van der Waals surface area (Å²) in [4.78, 5) is 12.7. The lowest BCUT2D eigenvalue weighted by molar-refractivity contribution is -0.118. The van der Waals surface area contributed by atoms with Crippen LogP contribution in [0, 0.1) is 13.8 Å². The molecule has 0 fully saturated rings. The number of fused-ring (bicyclic) bond motifs is 1. The monoisotopic (exact) mass is 432 g/mol. The van der Waals surface area contributed by atoms with E-state index < -0.39 is 10.0 Å². The van der Waals surface area contributed by atoms with Crippen molar-refractivity contribution in [3.05, 3.63) is 47.0 Å². The minimum absolute atomic E-state index is 0.128. The molecule has 0 aromatic heterocycles. The molecule has 0 unspecified atom stereocenters. The summed E-state index contributed by atoms with van der Waals surface area (Å²) in [6.07, 6.45) is 0.775. The minimum atomic E-state index is -3.61. The summed E-state index contributed by atoms with van der Waals surface area (Å²) < 4.78 is 37.8. The van der Waals surface area contributed by atoms with Gasteiger partial charge in [0.25, 0.3) is 5.91 Å². The molecule has 2 aromatic rings. The number of hydrogen-bond donors (Lipinski definition) is 1. The number of aryl methyl sites for hydroxylation is 1. The van der Waals surface area contributed by atoms with Crippen LogP contribution in [-0.2, 0) is 21.2 Å². The Kier molecular flexibility index (Phi) is 5.84. The van der Waals surface area contributed by atoms with E-state index in [1.807, 2.05) is 39.8 Å². The molecule has 30 heavy (non-hydrogen) atoms. The normalized spacial score (nSPS) is 14.9. The van der Waals surface area contributed by atoms with Crippen LogP contribution in [0.1, 0.15) is 30.5 Å². The highest BCUT2D eigenvalue weighted by molar-refractivity contribution is 7.89. The molecule has 162 valence electrons. The number of nitrogens with zero attached hydrogens (tertiary/aromatic N) is 1. The second-order valence-corrected chi connectivity index (χ2v) is 10.5. The van der Waals surface area contributed by atoms with E-state index >= 15 is 0 Å². The molecule has 0 radical (unpaired) electrons. The third-order valence-corrected chi connectivity index (χ3v) is 6.90. The Morgan fingerprint density at radius 1 is 1.23 bits per heavy atom. The van der Waals surface area contributed by atoms with Crippen LogP contribution in [0.15, 0.2) is 35.2 Å². The van der Waals surface area contributed by atoms with Gasteiger partial charge < -0.3 is 14.8 Å². The summed E-state index contributed by atoms with van der Waals surface area (Å²) in [7, 11) is -0.672. The number of carbonyl (C=O) groups is 1. The van der Waals surface area contributed by atoms with Gasteiger partial charge in [-0.1, -0.05) is 12.1 Å². The summed E-state index contributed by atoms with van der Waals surface area (Å²) in [5.41, 5.74) is 2.75. The zero-order chi connectivity index (χ0) is 22.3. The fourth-order valence-electron chi connectivity index (χ4n) is 3.35. The molecule has 2 aromatic carbocycles. The van der Waals surface area contributed by atoms with Crippen LogP contribution in [0.5, 0.6) is 11.5 Å². The van der Waals surface area contributed by atoms with Crippen LogP contribution in [0.25, 0.3) is 0 Å². The maximum Gasteiger partial charge on any atom is 0.262 e. The number of amides is 1. The van der Waals surface area contributed by atoms with E-state index in [2.05, 4.69) is 5.32 Å². The molecule has 3 rings (SSSR count). The number of hydrogen-bond acceptors (Lipinski definition) is 5. The highest BCUT2D eigenvalue weighted by atomic mass is 32.2. The van der Waals surface area contributed by atoms with Crippen molar-refractivity contribution < 1.29 is 22.7 Å². The Morgan fingerprint density at radius 2 is 1.93 bits per heavy atom. The molecule has 0 saturated heterocycles. The summed E-state index contributed by atoms with van der Waals surface area (Å²) in [6.45, 7) is 7.43. The third kappa shape index (κ3) is 4.44. The maximum absolute atomic E-state index is 12.5. The van der Waals surface area contributed by atoms with E-state index in [9.17, 15) is 13.2 Å². The fourth-order valence-corrected chi connectivity index (χ4v) is 4.36. The number of para-hydroxylation sites is 1. The van der Waals surface area contributed by atoms with Crippen molar-refractivity contribution in [2.75, 3.05) is 26.0 Å². The van der Waals surface area contributed by atoms with Gasteiger partial charge in [-0.3, -0.25) is 4.79 Å². The van der Waals surface area contributed by atoms with E-state index in [-0.39, 0.29) is 23.0 Å². The Morgan fingerprint density at radius 3 is 2.60 bits per heavy atom. The first kappa shape index (κ1) is 22.1. The average molecular weight is 433 g/mol. The highest BCUT2D eigenvalue weighted by Crippen LogP contribution is 2.41. The summed E-state index contributed by atoms with van der Waals surface area (Å²) >= 11 is 0. The molecular formula is C22H28N2O5S. The van der Waals surface area contributed by atoms with Crippen molar-refractivity contribution in [2.45, 2.75) is 44.6 Å². The van der Waals surface area contributed by atoms with E-state index in [4.69, 9.17) is 9.47 Å². The quantitative estimate of drug-likeness (QED) is 0.757. The molecule has 1 aliphatic rings. The second-order valence-electron chi connectivity index (χ2n) is 8.32.